The summed E-state index contributed by atoms with van der Waals surface area (Å²) in [6.07, 6.45) is 5.28. The van der Waals surface area contributed by atoms with Crippen LogP contribution in [0, 0.1) is 13.8 Å². The Balaban J connectivity index is 0.000000676. The van der Waals surface area contributed by atoms with Gasteiger partial charge in [-0.2, -0.15) is 0 Å². The first-order valence-corrected chi connectivity index (χ1v) is 13.4. The molecule has 39 heavy (non-hydrogen) atoms. The van der Waals surface area contributed by atoms with Crippen molar-refractivity contribution in [1.29, 1.82) is 0 Å². The van der Waals surface area contributed by atoms with E-state index in [0.29, 0.717) is 11.1 Å². The molecule has 0 bridgehead atoms. The molecule has 0 heterocycles. The number of ketones is 4. The van der Waals surface area contributed by atoms with Crippen molar-refractivity contribution in [3.63, 3.8) is 0 Å². The molecule has 0 aromatic heterocycles. The average molecular weight is 537 g/mol. The summed E-state index contributed by atoms with van der Waals surface area (Å²) < 4.78 is 0. The lowest BCUT2D eigenvalue weighted by atomic mass is 9.91. The highest BCUT2D eigenvalue weighted by atomic mass is 16.2. The standard InChI is InChI=1S/C16H21NO2.C14H19NO2.C2H4O/c1-5-12-8-11(4)9-13(6-2)15(12)16(19)14(18)10-17-7-3;1-4-10-6-9(3)7-11(5-2)13(10)14(17)12(16)8-15;1-2-3/h7-9H,5-6,10H2,1-4H3;6-7H,4-5,8,15H2,1-3H3;2H,1H3. The van der Waals surface area contributed by atoms with Crippen molar-refractivity contribution < 1.29 is 24.0 Å². The van der Waals surface area contributed by atoms with Crippen LogP contribution in [0.4, 0.5) is 0 Å². The Kier molecular flexibility index (Phi) is 16.9. The van der Waals surface area contributed by atoms with Crippen molar-refractivity contribution >= 4 is 35.6 Å². The van der Waals surface area contributed by atoms with Crippen LogP contribution in [0.25, 0.3) is 0 Å². The van der Waals surface area contributed by atoms with Crippen molar-refractivity contribution in [3.8, 4) is 0 Å². The topological polar surface area (TPSA) is 124 Å². The van der Waals surface area contributed by atoms with Gasteiger partial charge in [0.15, 0.2) is 0 Å². The Morgan fingerprint density at radius 3 is 1.26 bits per heavy atom. The predicted octanol–water partition coefficient (Wildman–Crippen LogP) is 5.00. The number of Topliss-reactive ketones (excluding diaryl/α,β-unsaturated/α-hetero) is 4. The molecule has 2 aromatic rings. The number of nitrogens with zero attached hydrogens (tertiary/aromatic N) is 1. The number of benzene rings is 2. The molecule has 0 aliphatic rings. The van der Waals surface area contributed by atoms with Gasteiger partial charge in [0, 0.05) is 11.1 Å². The van der Waals surface area contributed by atoms with Crippen LogP contribution >= 0.6 is 0 Å². The van der Waals surface area contributed by atoms with Gasteiger partial charge in [0.05, 0.1) is 6.54 Å². The van der Waals surface area contributed by atoms with Crippen LogP contribution in [0.2, 0.25) is 0 Å². The number of hydrogen-bond acceptors (Lipinski definition) is 7. The minimum absolute atomic E-state index is 0.0600. The van der Waals surface area contributed by atoms with E-state index >= 15 is 0 Å². The van der Waals surface area contributed by atoms with Gasteiger partial charge in [0.2, 0.25) is 23.1 Å². The quantitative estimate of drug-likeness (QED) is 0.187. The van der Waals surface area contributed by atoms with Crippen LogP contribution in [0.1, 0.15) is 95.6 Å². The van der Waals surface area contributed by atoms with E-state index in [9.17, 15) is 19.2 Å². The molecule has 0 aliphatic carbocycles. The zero-order valence-electron chi connectivity index (χ0n) is 24.8. The summed E-state index contributed by atoms with van der Waals surface area (Å²) in [6.45, 7) is 14.9. The zero-order chi connectivity index (χ0) is 30.1. The number of aldehydes is 1. The summed E-state index contributed by atoms with van der Waals surface area (Å²) in [7, 11) is 0. The van der Waals surface area contributed by atoms with Crippen molar-refractivity contribution in [2.45, 2.75) is 81.1 Å². The fraction of sp³-hybridized carbons (Fsp3) is 0.438. The van der Waals surface area contributed by atoms with E-state index in [-0.39, 0.29) is 13.1 Å². The van der Waals surface area contributed by atoms with Crippen molar-refractivity contribution in [3.05, 3.63) is 68.8 Å². The SMILES string of the molecule is CC=NCC(=O)C(=O)c1c(CC)cc(C)cc1CC.CC=O.CCc1cc(C)cc(CC)c1C(=O)C(=O)CN. The molecule has 0 amide bonds. The highest BCUT2D eigenvalue weighted by Crippen LogP contribution is 2.21. The number of rotatable bonds is 11. The number of aryl methyl sites for hydroxylation is 6. The molecule has 0 unspecified atom stereocenters. The second-order valence-electron chi connectivity index (χ2n) is 8.87. The van der Waals surface area contributed by atoms with Gasteiger partial charge in [0.1, 0.15) is 12.8 Å². The summed E-state index contributed by atoms with van der Waals surface area (Å²) >= 11 is 0. The van der Waals surface area contributed by atoms with E-state index in [1.165, 1.54) is 6.92 Å². The van der Waals surface area contributed by atoms with Crippen LogP contribution in [0.15, 0.2) is 29.3 Å². The number of nitrogens with two attached hydrogens (primary N) is 1. The molecule has 0 aliphatic heterocycles. The average Bonchev–Trinajstić information content (AvgIpc) is 2.94. The first-order chi connectivity index (χ1) is 18.5. The van der Waals surface area contributed by atoms with Crippen LogP contribution in [0.3, 0.4) is 0 Å². The highest BCUT2D eigenvalue weighted by molar-refractivity contribution is 6.45. The number of carbonyl (C=O) groups is 5. The molecule has 2 rings (SSSR count). The van der Waals surface area contributed by atoms with E-state index in [0.717, 1.165) is 65.4 Å². The molecule has 2 N–H and O–H groups in total. The van der Waals surface area contributed by atoms with E-state index in [2.05, 4.69) is 4.99 Å². The maximum absolute atomic E-state index is 12.3. The minimum atomic E-state index is -0.516. The van der Waals surface area contributed by atoms with Gasteiger partial charge in [-0.3, -0.25) is 24.2 Å². The lowest BCUT2D eigenvalue weighted by molar-refractivity contribution is -0.114. The van der Waals surface area contributed by atoms with Gasteiger partial charge in [-0.1, -0.05) is 63.1 Å². The fourth-order valence-electron chi connectivity index (χ4n) is 4.20. The molecule has 0 spiro atoms. The van der Waals surface area contributed by atoms with Crippen LogP contribution < -0.4 is 5.73 Å². The molecular weight excluding hydrogens is 492 g/mol. The smallest absolute Gasteiger partial charge is 0.231 e. The van der Waals surface area contributed by atoms with Crippen LogP contribution in [0.5, 0.6) is 0 Å². The Morgan fingerprint density at radius 1 is 0.692 bits per heavy atom. The molecule has 2 aromatic carbocycles. The van der Waals surface area contributed by atoms with Gasteiger partial charge < -0.3 is 10.5 Å². The van der Waals surface area contributed by atoms with Crippen LogP contribution in [-0.4, -0.2) is 48.7 Å². The van der Waals surface area contributed by atoms with Gasteiger partial charge in [0.25, 0.3) is 0 Å². The number of hydrogen-bond donors (Lipinski definition) is 1. The van der Waals surface area contributed by atoms with E-state index < -0.39 is 23.1 Å². The summed E-state index contributed by atoms with van der Waals surface area (Å²) in [6, 6.07) is 7.91. The second kappa shape index (κ2) is 18.6. The van der Waals surface area contributed by atoms with Crippen molar-refractivity contribution in [2.24, 2.45) is 10.7 Å². The van der Waals surface area contributed by atoms with E-state index in [1.807, 2.05) is 65.8 Å². The molecule has 0 saturated carbocycles. The maximum atomic E-state index is 12.3. The molecule has 212 valence electrons. The third-order valence-electron chi connectivity index (χ3n) is 5.98. The Bertz CT molecular complexity index is 1150. The first-order valence-electron chi connectivity index (χ1n) is 13.4. The van der Waals surface area contributed by atoms with Gasteiger partial charge in [-0.05, 0) is 81.8 Å². The maximum Gasteiger partial charge on any atom is 0.231 e. The summed E-state index contributed by atoms with van der Waals surface area (Å²) in [5.74, 6) is -1.80. The lowest BCUT2D eigenvalue weighted by Crippen LogP contribution is -2.25. The molecule has 0 atom stereocenters. The Labute approximate surface area is 233 Å². The Hall–Kier alpha value is -3.58. The fourth-order valence-corrected chi connectivity index (χ4v) is 4.20. The molecule has 0 saturated heterocycles. The largest absolute Gasteiger partial charge is 0.324 e. The second-order valence-corrected chi connectivity index (χ2v) is 8.87. The van der Waals surface area contributed by atoms with E-state index in [1.54, 1.807) is 13.1 Å². The van der Waals surface area contributed by atoms with Crippen molar-refractivity contribution in [2.75, 3.05) is 13.1 Å². The van der Waals surface area contributed by atoms with Gasteiger partial charge >= 0.3 is 0 Å². The highest BCUT2D eigenvalue weighted by Gasteiger charge is 2.22. The normalized spacial score (nSPS) is 10.2. The first kappa shape index (κ1) is 35.4. The van der Waals surface area contributed by atoms with Crippen LogP contribution in [-0.2, 0) is 40.1 Å². The number of aliphatic imine (C=N–C) groups is 1. The lowest BCUT2D eigenvalue weighted by Gasteiger charge is -2.12. The third kappa shape index (κ3) is 10.6. The predicted molar refractivity (Wildman–Crippen MR) is 158 cm³/mol. The van der Waals surface area contributed by atoms with Gasteiger partial charge in [-0.15, -0.1) is 0 Å². The molecule has 7 nitrogen and oxygen atoms in total. The third-order valence-corrected chi connectivity index (χ3v) is 5.98. The summed E-state index contributed by atoms with van der Waals surface area (Å²) in [5, 5.41) is 0. The molecular formula is C32H44N2O5. The van der Waals surface area contributed by atoms with E-state index in [4.69, 9.17) is 10.5 Å². The number of carbonyl (C=O) groups excluding carboxylic acids is 5. The molecule has 7 heteroatoms. The monoisotopic (exact) mass is 536 g/mol. The van der Waals surface area contributed by atoms with Gasteiger partial charge in [-0.25, -0.2) is 0 Å². The molecule has 0 fully saturated rings. The Morgan fingerprint density at radius 2 is 1.00 bits per heavy atom. The zero-order valence-corrected chi connectivity index (χ0v) is 24.8. The van der Waals surface area contributed by atoms with Crippen molar-refractivity contribution in [1.82, 2.24) is 0 Å². The molecule has 0 radical (unpaired) electrons. The summed E-state index contributed by atoms with van der Waals surface area (Å²) in [4.78, 5) is 60.3. The summed E-state index contributed by atoms with van der Waals surface area (Å²) in [5.41, 5.74) is 12.4. The minimum Gasteiger partial charge on any atom is -0.324 e.